The quantitative estimate of drug-likeness (QED) is 0.428. The zero-order valence-electron chi connectivity index (χ0n) is 19.5. The summed E-state index contributed by atoms with van der Waals surface area (Å²) >= 11 is 6.22. The van der Waals surface area contributed by atoms with Crippen molar-refractivity contribution in [1.29, 1.82) is 0 Å². The van der Waals surface area contributed by atoms with Crippen molar-refractivity contribution in [3.63, 3.8) is 0 Å². The summed E-state index contributed by atoms with van der Waals surface area (Å²) in [7, 11) is 0. The van der Waals surface area contributed by atoms with E-state index in [0.29, 0.717) is 26.1 Å². The van der Waals surface area contributed by atoms with E-state index in [-0.39, 0.29) is 30.0 Å². The van der Waals surface area contributed by atoms with E-state index in [1.807, 2.05) is 29.2 Å². The molecule has 2 saturated heterocycles. The van der Waals surface area contributed by atoms with Gasteiger partial charge in [0, 0.05) is 75.9 Å². The highest BCUT2D eigenvalue weighted by atomic mass is 35.5. The number of nitrogens with zero attached hydrogens (tertiary/aromatic N) is 4. The summed E-state index contributed by atoms with van der Waals surface area (Å²) in [5, 5.41) is 0.766. The van der Waals surface area contributed by atoms with Crippen LogP contribution < -0.4 is 9.80 Å². The van der Waals surface area contributed by atoms with Crippen molar-refractivity contribution in [3.05, 3.63) is 53.6 Å². The van der Waals surface area contributed by atoms with Gasteiger partial charge >= 0.3 is 5.51 Å². The average Bonchev–Trinajstić information content (AvgIpc) is 3.09. The van der Waals surface area contributed by atoms with Crippen LogP contribution in [0.2, 0.25) is 5.02 Å². The number of hydrogen-bond donors (Lipinski definition) is 0. The predicted octanol–water partition coefficient (Wildman–Crippen LogP) is 5.84. The zero-order chi connectivity index (χ0) is 24.8. The fourth-order valence-corrected chi connectivity index (χ4v) is 5.41. The molecule has 2 aromatic carbocycles. The molecule has 2 heterocycles. The molecule has 4 rings (SSSR count). The Bertz CT molecular complexity index is 984. The summed E-state index contributed by atoms with van der Waals surface area (Å²) in [5.74, 6) is 0.164. The molecule has 0 bridgehead atoms. The molecule has 2 fully saturated rings. The molecule has 0 N–H and O–H groups in total. The van der Waals surface area contributed by atoms with Gasteiger partial charge in [-0.05, 0) is 54.6 Å². The van der Waals surface area contributed by atoms with Gasteiger partial charge in [0.05, 0.1) is 10.7 Å². The highest BCUT2D eigenvalue weighted by molar-refractivity contribution is 8.00. The maximum Gasteiger partial charge on any atom is 0.446 e. The molecule has 0 saturated carbocycles. The van der Waals surface area contributed by atoms with Gasteiger partial charge in [-0.1, -0.05) is 31.2 Å². The molecule has 36 heavy (non-hydrogen) atoms. The number of hydrogen-bond acceptors (Lipinski definition) is 5. The second kappa shape index (κ2) is 12.9. The third kappa shape index (κ3) is 7.95. The third-order valence-electron chi connectivity index (χ3n) is 6.49. The standard InChI is InChI=1S/C25H30ClF3N4OS.CH4/c26-22-4-1-2-5-23(22)32-16-14-30(15-17-32)13-10-24(34)33-12-3-11-31(18-19-33)20-6-8-21(9-7-20)35-25(27,28)29;/h1-2,4-9H,3,10-19H2;1H4. The summed E-state index contributed by atoms with van der Waals surface area (Å²) in [6.07, 6.45) is 1.33. The van der Waals surface area contributed by atoms with Crippen LogP contribution in [0.3, 0.4) is 0 Å². The number of benzene rings is 2. The van der Waals surface area contributed by atoms with Crippen molar-refractivity contribution < 1.29 is 18.0 Å². The Labute approximate surface area is 221 Å². The number of rotatable bonds is 6. The maximum atomic E-state index is 12.9. The van der Waals surface area contributed by atoms with Gasteiger partial charge in [0.15, 0.2) is 0 Å². The number of carbonyl (C=O) groups excluding carboxylic acids is 1. The Balaban J connectivity index is 0.00000361. The van der Waals surface area contributed by atoms with Crippen LogP contribution in [0.25, 0.3) is 0 Å². The van der Waals surface area contributed by atoms with Crippen molar-refractivity contribution in [2.24, 2.45) is 0 Å². The monoisotopic (exact) mass is 542 g/mol. The minimum Gasteiger partial charge on any atom is -0.370 e. The molecule has 0 spiro atoms. The number of para-hydroxylation sites is 1. The number of amides is 1. The number of alkyl halides is 3. The topological polar surface area (TPSA) is 30.0 Å². The van der Waals surface area contributed by atoms with Gasteiger partial charge in [0.1, 0.15) is 0 Å². The summed E-state index contributed by atoms with van der Waals surface area (Å²) in [5.41, 5.74) is -2.33. The molecule has 0 aromatic heterocycles. The number of halogens is 4. The Kier molecular flexibility index (Phi) is 10.2. The summed E-state index contributed by atoms with van der Waals surface area (Å²) in [6, 6.07) is 14.4. The molecule has 2 aliphatic heterocycles. The Morgan fingerprint density at radius 3 is 2.19 bits per heavy atom. The van der Waals surface area contributed by atoms with Gasteiger partial charge in [-0.15, -0.1) is 0 Å². The van der Waals surface area contributed by atoms with E-state index in [2.05, 4.69) is 14.7 Å². The van der Waals surface area contributed by atoms with Gasteiger partial charge in [0.2, 0.25) is 5.91 Å². The fraction of sp³-hybridized carbons (Fsp3) is 0.500. The summed E-state index contributed by atoms with van der Waals surface area (Å²) in [4.78, 5) is 21.8. The van der Waals surface area contributed by atoms with Crippen molar-refractivity contribution in [2.45, 2.75) is 30.7 Å². The van der Waals surface area contributed by atoms with E-state index in [1.54, 1.807) is 12.1 Å². The van der Waals surface area contributed by atoms with E-state index in [0.717, 1.165) is 62.1 Å². The number of carbonyl (C=O) groups is 1. The van der Waals surface area contributed by atoms with Crippen LogP contribution in [-0.2, 0) is 4.79 Å². The number of anilines is 2. The first kappa shape index (κ1) is 28.5. The van der Waals surface area contributed by atoms with Gasteiger partial charge < -0.3 is 14.7 Å². The van der Waals surface area contributed by atoms with Crippen LogP contribution in [0, 0.1) is 0 Å². The molecule has 0 unspecified atom stereocenters. The molecule has 5 nitrogen and oxygen atoms in total. The van der Waals surface area contributed by atoms with Crippen molar-refractivity contribution >= 4 is 40.6 Å². The largest absolute Gasteiger partial charge is 0.446 e. The minimum atomic E-state index is -4.28. The first-order valence-electron chi connectivity index (χ1n) is 11.9. The summed E-state index contributed by atoms with van der Waals surface area (Å²) in [6.45, 7) is 7.09. The van der Waals surface area contributed by atoms with Crippen molar-refractivity contribution in [3.8, 4) is 0 Å². The lowest BCUT2D eigenvalue weighted by atomic mass is 10.2. The van der Waals surface area contributed by atoms with Gasteiger partial charge in [0.25, 0.3) is 0 Å². The normalized spacial score (nSPS) is 17.5. The molecule has 1 amide bonds. The van der Waals surface area contributed by atoms with Crippen LogP contribution in [0.1, 0.15) is 20.3 Å². The van der Waals surface area contributed by atoms with E-state index < -0.39 is 5.51 Å². The first-order chi connectivity index (χ1) is 16.8. The van der Waals surface area contributed by atoms with E-state index in [4.69, 9.17) is 11.6 Å². The van der Waals surface area contributed by atoms with E-state index >= 15 is 0 Å². The molecular weight excluding hydrogens is 509 g/mol. The van der Waals surface area contributed by atoms with Crippen LogP contribution >= 0.6 is 23.4 Å². The van der Waals surface area contributed by atoms with E-state index in [9.17, 15) is 18.0 Å². The molecule has 198 valence electrons. The highest BCUT2D eigenvalue weighted by Gasteiger charge is 2.29. The Hall–Kier alpha value is -2.10. The third-order valence-corrected chi connectivity index (χ3v) is 7.55. The van der Waals surface area contributed by atoms with E-state index in [1.165, 1.54) is 12.1 Å². The van der Waals surface area contributed by atoms with Crippen LogP contribution in [0.5, 0.6) is 0 Å². The predicted molar refractivity (Wildman–Crippen MR) is 143 cm³/mol. The zero-order valence-corrected chi connectivity index (χ0v) is 21.1. The van der Waals surface area contributed by atoms with Crippen molar-refractivity contribution in [1.82, 2.24) is 9.80 Å². The molecule has 2 aliphatic rings. The molecule has 0 radical (unpaired) electrons. The molecular formula is C26H34ClF3N4OS. The SMILES string of the molecule is C.O=C(CCN1CCN(c2ccccc2Cl)CC1)N1CCCN(c2ccc(SC(F)(F)F)cc2)CC1. The highest BCUT2D eigenvalue weighted by Crippen LogP contribution is 2.37. The van der Waals surface area contributed by atoms with Crippen LogP contribution in [0.15, 0.2) is 53.4 Å². The van der Waals surface area contributed by atoms with Gasteiger partial charge in [-0.2, -0.15) is 13.2 Å². The Morgan fingerprint density at radius 1 is 0.861 bits per heavy atom. The summed E-state index contributed by atoms with van der Waals surface area (Å²) < 4.78 is 37.7. The fourth-order valence-electron chi connectivity index (χ4n) is 4.62. The lowest BCUT2D eigenvalue weighted by Gasteiger charge is -2.36. The Morgan fingerprint density at radius 2 is 1.53 bits per heavy atom. The molecule has 0 atom stereocenters. The van der Waals surface area contributed by atoms with Gasteiger partial charge in [-0.25, -0.2) is 0 Å². The molecule has 2 aromatic rings. The second-order valence-electron chi connectivity index (χ2n) is 8.79. The lowest BCUT2D eigenvalue weighted by molar-refractivity contribution is -0.131. The lowest BCUT2D eigenvalue weighted by Crippen LogP contribution is -2.47. The average molecular weight is 543 g/mol. The number of piperazine rings is 1. The minimum absolute atomic E-state index is 0. The maximum absolute atomic E-state index is 12.9. The van der Waals surface area contributed by atoms with Gasteiger partial charge in [-0.3, -0.25) is 9.69 Å². The second-order valence-corrected chi connectivity index (χ2v) is 10.3. The smallest absolute Gasteiger partial charge is 0.370 e. The number of thioether (sulfide) groups is 1. The first-order valence-corrected chi connectivity index (χ1v) is 13.1. The molecule has 10 heteroatoms. The molecule has 0 aliphatic carbocycles. The van der Waals surface area contributed by atoms with Crippen LogP contribution in [-0.4, -0.2) is 80.1 Å². The van der Waals surface area contributed by atoms with Crippen LogP contribution in [0.4, 0.5) is 24.5 Å². The van der Waals surface area contributed by atoms with Crippen molar-refractivity contribution in [2.75, 3.05) is 68.7 Å².